The number of hydrogen-bond acceptors (Lipinski definition) is 2. The van der Waals surface area contributed by atoms with Gasteiger partial charge in [-0.15, -0.1) is 0 Å². The first-order valence-electron chi connectivity index (χ1n) is 7.92. The Hall–Kier alpha value is -3.54. The fraction of sp³-hybridized carbons (Fsp3) is 0. The van der Waals surface area contributed by atoms with E-state index in [1.807, 2.05) is 0 Å². The van der Waals surface area contributed by atoms with Gasteiger partial charge >= 0.3 is 0 Å². The molecule has 3 aromatic carbocycles. The molecule has 0 saturated heterocycles. The van der Waals surface area contributed by atoms with Gasteiger partial charge in [-0.1, -0.05) is 36.4 Å². The summed E-state index contributed by atoms with van der Waals surface area (Å²) in [5.41, 5.74) is 1.73. The summed E-state index contributed by atoms with van der Waals surface area (Å²) >= 11 is 0. The number of nitrogens with zero attached hydrogens (tertiary/aromatic N) is 1. The molecule has 0 fully saturated rings. The second-order valence-electron chi connectivity index (χ2n) is 5.75. The highest BCUT2D eigenvalue weighted by atomic mass is 19.1. The average molecular weight is 349 g/mol. The van der Waals surface area contributed by atoms with Crippen LogP contribution in [0.5, 0.6) is 0 Å². The van der Waals surface area contributed by atoms with Crippen LogP contribution in [0.4, 0.5) is 14.6 Å². The first kappa shape index (κ1) is 16.0. The molecule has 0 radical (unpaired) electrons. The largest absolute Gasteiger partial charge is 0.304 e. The zero-order valence-electron chi connectivity index (χ0n) is 13.5. The van der Waals surface area contributed by atoms with Crippen LogP contribution in [0.25, 0.3) is 22.0 Å². The normalized spacial score (nSPS) is 10.8. The van der Waals surface area contributed by atoms with Crippen molar-refractivity contribution in [1.82, 2.24) is 10.2 Å². The van der Waals surface area contributed by atoms with E-state index in [2.05, 4.69) is 15.5 Å². The number of rotatable bonds is 3. The number of anilines is 1. The van der Waals surface area contributed by atoms with E-state index in [9.17, 15) is 13.6 Å². The molecule has 2 N–H and O–H groups in total. The number of carbonyl (C=O) groups excluding carboxylic acids is 1. The van der Waals surface area contributed by atoms with Crippen molar-refractivity contribution in [3.63, 3.8) is 0 Å². The standard InChI is InChI=1S/C20H13F2N3O/c21-16-7-3-1-5-13(16)12-9-10-15-18(11-12)24-25-19(15)23-20(26)14-6-2-4-8-17(14)22/h1-11H,(H2,23,24,25,26). The van der Waals surface area contributed by atoms with Crippen molar-refractivity contribution in [3.05, 3.63) is 83.9 Å². The summed E-state index contributed by atoms with van der Waals surface area (Å²) in [6.07, 6.45) is 0. The third-order valence-corrected chi connectivity index (χ3v) is 4.10. The van der Waals surface area contributed by atoms with Crippen molar-refractivity contribution in [2.45, 2.75) is 0 Å². The van der Waals surface area contributed by atoms with Gasteiger partial charge in [0.15, 0.2) is 5.82 Å². The number of aromatic amines is 1. The van der Waals surface area contributed by atoms with E-state index in [1.54, 1.807) is 42.5 Å². The molecule has 4 aromatic rings. The molecule has 0 bridgehead atoms. The highest BCUT2D eigenvalue weighted by molar-refractivity contribution is 6.08. The van der Waals surface area contributed by atoms with E-state index >= 15 is 0 Å². The zero-order chi connectivity index (χ0) is 18.1. The Labute approximate surface area is 147 Å². The maximum atomic E-state index is 14.0. The summed E-state index contributed by atoms with van der Waals surface area (Å²) in [6.45, 7) is 0. The minimum absolute atomic E-state index is 0.0633. The van der Waals surface area contributed by atoms with Gasteiger partial charge in [-0.05, 0) is 35.9 Å². The van der Waals surface area contributed by atoms with Crippen LogP contribution < -0.4 is 5.32 Å². The number of amides is 1. The summed E-state index contributed by atoms with van der Waals surface area (Å²) in [5.74, 6) is -1.23. The highest BCUT2D eigenvalue weighted by Gasteiger charge is 2.15. The van der Waals surface area contributed by atoms with Gasteiger partial charge in [-0.3, -0.25) is 9.89 Å². The van der Waals surface area contributed by atoms with Crippen LogP contribution in [0, 0.1) is 11.6 Å². The second kappa shape index (κ2) is 6.40. The number of carbonyl (C=O) groups is 1. The SMILES string of the molecule is O=C(Nc1n[nH]c2cc(-c3ccccc3F)ccc12)c1ccccc1F. The third-order valence-electron chi connectivity index (χ3n) is 4.10. The van der Waals surface area contributed by atoms with Gasteiger partial charge in [-0.25, -0.2) is 8.78 Å². The molecule has 1 aromatic heterocycles. The molecule has 1 amide bonds. The number of hydrogen-bond donors (Lipinski definition) is 2. The summed E-state index contributed by atoms with van der Waals surface area (Å²) in [5, 5.41) is 10.1. The first-order valence-corrected chi connectivity index (χ1v) is 7.92. The molecule has 4 rings (SSSR count). The van der Waals surface area contributed by atoms with Crippen molar-refractivity contribution >= 4 is 22.6 Å². The second-order valence-corrected chi connectivity index (χ2v) is 5.75. The van der Waals surface area contributed by atoms with E-state index in [1.165, 1.54) is 24.3 Å². The minimum Gasteiger partial charge on any atom is -0.304 e. The molecular weight excluding hydrogens is 336 g/mol. The molecule has 0 aliphatic heterocycles. The maximum absolute atomic E-state index is 14.0. The number of nitrogens with one attached hydrogen (secondary N) is 2. The number of halogens is 2. The Morgan fingerprint density at radius 3 is 2.42 bits per heavy atom. The molecule has 0 saturated carbocycles. The number of benzene rings is 3. The van der Waals surface area contributed by atoms with Gasteiger partial charge in [0, 0.05) is 10.9 Å². The quantitative estimate of drug-likeness (QED) is 0.560. The van der Waals surface area contributed by atoms with Crippen LogP contribution in [-0.4, -0.2) is 16.1 Å². The smallest absolute Gasteiger partial charge is 0.259 e. The van der Waals surface area contributed by atoms with E-state index in [4.69, 9.17) is 0 Å². The van der Waals surface area contributed by atoms with E-state index < -0.39 is 11.7 Å². The van der Waals surface area contributed by atoms with Crippen molar-refractivity contribution < 1.29 is 13.6 Å². The van der Waals surface area contributed by atoms with Crippen LogP contribution >= 0.6 is 0 Å². The summed E-state index contributed by atoms with van der Waals surface area (Å²) in [6, 6.07) is 17.4. The van der Waals surface area contributed by atoms with Gasteiger partial charge in [0.1, 0.15) is 11.6 Å². The lowest BCUT2D eigenvalue weighted by Gasteiger charge is -2.05. The number of fused-ring (bicyclic) bond motifs is 1. The monoisotopic (exact) mass is 349 g/mol. The van der Waals surface area contributed by atoms with E-state index in [0.29, 0.717) is 22.0 Å². The zero-order valence-corrected chi connectivity index (χ0v) is 13.5. The van der Waals surface area contributed by atoms with Crippen LogP contribution in [0.15, 0.2) is 66.7 Å². The molecular formula is C20H13F2N3O. The summed E-state index contributed by atoms with van der Waals surface area (Å²) < 4.78 is 27.7. The molecule has 0 aliphatic rings. The summed E-state index contributed by atoms with van der Waals surface area (Å²) in [7, 11) is 0. The van der Waals surface area contributed by atoms with Crippen molar-refractivity contribution in [2.75, 3.05) is 5.32 Å². The molecule has 4 nitrogen and oxygen atoms in total. The lowest BCUT2D eigenvalue weighted by molar-refractivity contribution is 0.102. The molecule has 0 aliphatic carbocycles. The molecule has 128 valence electrons. The molecule has 26 heavy (non-hydrogen) atoms. The Bertz CT molecular complexity index is 1120. The van der Waals surface area contributed by atoms with Crippen LogP contribution in [0.2, 0.25) is 0 Å². The van der Waals surface area contributed by atoms with Gasteiger partial charge in [0.25, 0.3) is 5.91 Å². The third kappa shape index (κ3) is 2.82. The fourth-order valence-electron chi connectivity index (χ4n) is 2.80. The lowest BCUT2D eigenvalue weighted by Crippen LogP contribution is -2.14. The molecule has 1 heterocycles. The predicted molar refractivity (Wildman–Crippen MR) is 95.8 cm³/mol. The minimum atomic E-state index is -0.605. The lowest BCUT2D eigenvalue weighted by atomic mass is 10.0. The van der Waals surface area contributed by atoms with Gasteiger partial charge in [0.2, 0.25) is 0 Å². The number of H-pyrrole nitrogens is 1. The van der Waals surface area contributed by atoms with Crippen molar-refractivity contribution in [1.29, 1.82) is 0 Å². The van der Waals surface area contributed by atoms with Crippen LogP contribution in [0.3, 0.4) is 0 Å². The van der Waals surface area contributed by atoms with E-state index in [-0.39, 0.29) is 17.2 Å². The van der Waals surface area contributed by atoms with Gasteiger partial charge < -0.3 is 5.32 Å². The topological polar surface area (TPSA) is 57.8 Å². The van der Waals surface area contributed by atoms with Crippen molar-refractivity contribution in [3.8, 4) is 11.1 Å². The Morgan fingerprint density at radius 1 is 0.923 bits per heavy atom. The summed E-state index contributed by atoms with van der Waals surface area (Å²) in [4.78, 5) is 12.3. The van der Waals surface area contributed by atoms with Crippen LogP contribution in [-0.2, 0) is 0 Å². The Kier molecular flexibility index (Phi) is 3.93. The number of aromatic nitrogens is 2. The average Bonchev–Trinajstić information content (AvgIpc) is 3.04. The van der Waals surface area contributed by atoms with E-state index in [0.717, 1.165) is 0 Å². The Balaban J connectivity index is 1.67. The first-order chi connectivity index (χ1) is 12.6. The highest BCUT2D eigenvalue weighted by Crippen LogP contribution is 2.28. The molecule has 0 unspecified atom stereocenters. The van der Waals surface area contributed by atoms with Crippen LogP contribution in [0.1, 0.15) is 10.4 Å². The predicted octanol–water partition coefficient (Wildman–Crippen LogP) is 4.76. The van der Waals surface area contributed by atoms with Gasteiger partial charge in [-0.2, -0.15) is 5.10 Å². The molecule has 0 atom stereocenters. The molecule has 6 heteroatoms. The fourth-order valence-corrected chi connectivity index (χ4v) is 2.80. The Morgan fingerprint density at radius 2 is 1.65 bits per heavy atom. The van der Waals surface area contributed by atoms with Crippen molar-refractivity contribution in [2.24, 2.45) is 0 Å². The maximum Gasteiger partial charge on any atom is 0.259 e. The van der Waals surface area contributed by atoms with Gasteiger partial charge in [0.05, 0.1) is 11.1 Å². The molecule has 0 spiro atoms.